The van der Waals surface area contributed by atoms with Gasteiger partial charge in [-0.3, -0.25) is 4.79 Å². The third kappa shape index (κ3) is 5.22. The zero-order chi connectivity index (χ0) is 18.9. The molecule has 0 aromatic heterocycles. The maximum atomic E-state index is 12.8. The van der Waals surface area contributed by atoms with Crippen LogP contribution >= 0.6 is 23.5 Å². The molecule has 0 bridgehead atoms. The van der Waals surface area contributed by atoms with Crippen molar-refractivity contribution in [1.82, 2.24) is 0 Å². The number of benzene rings is 2. The smallest absolute Gasteiger partial charge is 0.194 e. The lowest BCUT2D eigenvalue weighted by molar-refractivity contribution is 0.103. The topological polar surface area (TPSA) is 44.8 Å². The molecule has 0 atom stereocenters. The first-order valence-corrected chi connectivity index (χ1v) is 10.3. The Morgan fingerprint density at radius 1 is 0.962 bits per heavy atom. The molecule has 0 aliphatic heterocycles. The minimum Gasteiger partial charge on any atom is -0.497 e. The predicted molar refractivity (Wildman–Crippen MR) is 110 cm³/mol. The molecular formula is C20H22O4S2. The summed E-state index contributed by atoms with van der Waals surface area (Å²) in [5, 5.41) is 0. The summed E-state index contributed by atoms with van der Waals surface area (Å²) < 4.78 is 17.4. The second kappa shape index (κ2) is 10.2. The van der Waals surface area contributed by atoms with E-state index in [9.17, 15) is 4.79 Å². The first kappa shape index (κ1) is 20.3. The highest BCUT2D eigenvalue weighted by Crippen LogP contribution is 2.32. The largest absolute Gasteiger partial charge is 0.497 e. The van der Waals surface area contributed by atoms with E-state index >= 15 is 0 Å². The standard InChI is InChI=1S/C20H22O4S2/c1-22-15-10-8-14(9-11-15)13-24-18-7-5-6-17(23-2)20(18)16(21)12-19(25-3)26-4/h5-12H,13H2,1-4H3. The number of carbonyl (C=O) groups is 1. The van der Waals surface area contributed by atoms with E-state index < -0.39 is 0 Å². The second-order valence-electron chi connectivity index (χ2n) is 5.21. The first-order chi connectivity index (χ1) is 12.6. The van der Waals surface area contributed by atoms with Crippen molar-refractivity contribution >= 4 is 29.3 Å². The van der Waals surface area contributed by atoms with Gasteiger partial charge in [0.1, 0.15) is 29.4 Å². The molecule has 138 valence electrons. The van der Waals surface area contributed by atoms with Gasteiger partial charge in [0.25, 0.3) is 0 Å². The summed E-state index contributed by atoms with van der Waals surface area (Å²) in [6.45, 7) is 0.346. The minimum atomic E-state index is -0.133. The normalized spacial score (nSPS) is 10.2. The van der Waals surface area contributed by atoms with E-state index in [1.165, 1.54) is 23.5 Å². The molecule has 0 amide bonds. The van der Waals surface area contributed by atoms with Gasteiger partial charge in [-0.15, -0.1) is 23.5 Å². The number of ether oxygens (including phenoxy) is 3. The third-order valence-corrected chi connectivity index (χ3v) is 5.70. The first-order valence-electron chi connectivity index (χ1n) is 7.89. The molecule has 6 heteroatoms. The monoisotopic (exact) mass is 390 g/mol. The number of ketones is 1. The second-order valence-corrected chi connectivity index (χ2v) is 7.16. The fraction of sp³-hybridized carbons (Fsp3) is 0.250. The van der Waals surface area contributed by atoms with Gasteiger partial charge in [-0.2, -0.15) is 0 Å². The van der Waals surface area contributed by atoms with Crippen LogP contribution in [0.2, 0.25) is 0 Å². The van der Waals surface area contributed by atoms with E-state index in [1.54, 1.807) is 32.4 Å². The summed E-state index contributed by atoms with van der Waals surface area (Å²) in [7, 11) is 3.18. The lowest BCUT2D eigenvalue weighted by Gasteiger charge is -2.13. The van der Waals surface area contributed by atoms with E-state index in [0.29, 0.717) is 23.7 Å². The van der Waals surface area contributed by atoms with Crippen molar-refractivity contribution in [1.29, 1.82) is 0 Å². The van der Waals surface area contributed by atoms with Crippen LogP contribution in [0.1, 0.15) is 15.9 Å². The molecule has 0 aliphatic carbocycles. The van der Waals surface area contributed by atoms with Crippen LogP contribution in [-0.4, -0.2) is 32.5 Å². The van der Waals surface area contributed by atoms with Crippen LogP contribution in [0.3, 0.4) is 0 Å². The number of thioether (sulfide) groups is 2. The van der Waals surface area contributed by atoms with Gasteiger partial charge in [0.2, 0.25) is 0 Å². The molecule has 0 fully saturated rings. The molecule has 4 nitrogen and oxygen atoms in total. The van der Waals surface area contributed by atoms with Crippen molar-refractivity contribution < 1.29 is 19.0 Å². The van der Waals surface area contributed by atoms with Gasteiger partial charge >= 0.3 is 0 Å². The summed E-state index contributed by atoms with van der Waals surface area (Å²) in [5.74, 6) is 1.66. The molecule has 0 unspecified atom stereocenters. The zero-order valence-corrected chi connectivity index (χ0v) is 16.9. The highest BCUT2D eigenvalue weighted by Gasteiger charge is 2.17. The fourth-order valence-electron chi connectivity index (χ4n) is 2.31. The lowest BCUT2D eigenvalue weighted by atomic mass is 10.1. The van der Waals surface area contributed by atoms with Gasteiger partial charge < -0.3 is 14.2 Å². The number of carbonyl (C=O) groups excluding carboxylic acids is 1. The van der Waals surface area contributed by atoms with E-state index in [-0.39, 0.29) is 5.78 Å². The summed E-state index contributed by atoms with van der Waals surface area (Å²) in [5.41, 5.74) is 1.42. The Morgan fingerprint density at radius 2 is 1.62 bits per heavy atom. The number of allylic oxidation sites excluding steroid dienone is 1. The maximum absolute atomic E-state index is 12.8. The average molecular weight is 391 g/mol. The van der Waals surface area contributed by atoms with Crippen LogP contribution in [-0.2, 0) is 6.61 Å². The van der Waals surface area contributed by atoms with Crippen LogP contribution in [0.15, 0.2) is 52.8 Å². The van der Waals surface area contributed by atoms with Crippen LogP contribution in [0.4, 0.5) is 0 Å². The van der Waals surface area contributed by atoms with E-state index in [2.05, 4.69) is 0 Å². The molecule has 0 spiro atoms. The minimum absolute atomic E-state index is 0.133. The van der Waals surface area contributed by atoms with E-state index in [1.807, 2.05) is 42.8 Å². The molecule has 2 aromatic carbocycles. The van der Waals surface area contributed by atoms with Crippen molar-refractivity contribution in [2.24, 2.45) is 0 Å². The van der Waals surface area contributed by atoms with Gasteiger partial charge in [-0.05, 0) is 42.3 Å². The summed E-state index contributed by atoms with van der Waals surface area (Å²) in [6.07, 6.45) is 5.51. The van der Waals surface area contributed by atoms with Crippen molar-refractivity contribution in [3.63, 3.8) is 0 Å². The molecule has 0 heterocycles. The average Bonchev–Trinajstić information content (AvgIpc) is 2.70. The highest BCUT2D eigenvalue weighted by atomic mass is 32.2. The Kier molecular flexibility index (Phi) is 7.94. The molecule has 0 aliphatic rings. The van der Waals surface area contributed by atoms with Gasteiger partial charge in [-0.25, -0.2) is 0 Å². The Morgan fingerprint density at radius 3 is 2.19 bits per heavy atom. The van der Waals surface area contributed by atoms with Crippen LogP contribution < -0.4 is 14.2 Å². The fourth-order valence-corrected chi connectivity index (χ4v) is 3.42. The summed E-state index contributed by atoms with van der Waals surface area (Å²) in [4.78, 5) is 12.8. The van der Waals surface area contributed by atoms with Crippen molar-refractivity contribution in [2.45, 2.75) is 6.61 Å². The number of hydrogen-bond acceptors (Lipinski definition) is 6. The molecular weight excluding hydrogens is 368 g/mol. The predicted octanol–water partition coefficient (Wildman–Crippen LogP) is 5.03. The van der Waals surface area contributed by atoms with Gasteiger partial charge in [0.15, 0.2) is 5.78 Å². The molecule has 0 N–H and O–H groups in total. The highest BCUT2D eigenvalue weighted by molar-refractivity contribution is 8.21. The van der Waals surface area contributed by atoms with Gasteiger partial charge in [0, 0.05) is 10.3 Å². The van der Waals surface area contributed by atoms with E-state index in [4.69, 9.17) is 14.2 Å². The Labute approximate surface area is 162 Å². The third-order valence-electron chi connectivity index (χ3n) is 3.66. The Balaban J connectivity index is 2.27. The summed E-state index contributed by atoms with van der Waals surface area (Å²) in [6, 6.07) is 13.0. The SMILES string of the molecule is COc1ccc(COc2cccc(OC)c2C(=O)C=C(SC)SC)cc1. The van der Waals surface area contributed by atoms with Crippen LogP contribution in [0.5, 0.6) is 17.2 Å². The molecule has 26 heavy (non-hydrogen) atoms. The number of methoxy groups -OCH3 is 2. The van der Waals surface area contributed by atoms with Crippen molar-refractivity contribution in [2.75, 3.05) is 26.7 Å². The quantitative estimate of drug-likeness (QED) is 0.442. The molecule has 0 radical (unpaired) electrons. The molecule has 2 aromatic rings. The van der Waals surface area contributed by atoms with Crippen molar-refractivity contribution in [3.05, 3.63) is 63.9 Å². The van der Waals surface area contributed by atoms with Gasteiger partial charge in [0.05, 0.1) is 14.2 Å². The van der Waals surface area contributed by atoms with Crippen molar-refractivity contribution in [3.8, 4) is 17.2 Å². The molecule has 2 rings (SSSR count). The van der Waals surface area contributed by atoms with E-state index in [0.717, 1.165) is 15.6 Å². The van der Waals surface area contributed by atoms with Gasteiger partial charge in [-0.1, -0.05) is 18.2 Å². The molecule has 0 saturated heterocycles. The van der Waals surface area contributed by atoms with Crippen LogP contribution in [0.25, 0.3) is 0 Å². The van der Waals surface area contributed by atoms with Crippen LogP contribution in [0, 0.1) is 0 Å². The number of hydrogen-bond donors (Lipinski definition) is 0. The lowest BCUT2D eigenvalue weighted by Crippen LogP contribution is -2.05. The Hall–Kier alpha value is -2.05. The summed E-state index contributed by atoms with van der Waals surface area (Å²) >= 11 is 3.07. The maximum Gasteiger partial charge on any atom is 0.194 e. The zero-order valence-electron chi connectivity index (χ0n) is 15.3. The Bertz CT molecular complexity index is 764. The molecule has 0 saturated carbocycles. The number of rotatable bonds is 9.